The Balaban J connectivity index is 2.50. The third kappa shape index (κ3) is 1.93. The van der Waals surface area contributed by atoms with E-state index in [0.717, 1.165) is 22.6 Å². The molecule has 0 saturated heterocycles. The van der Waals surface area contributed by atoms with Crippen molar-refractivity contribution in [2.75, 3.05) is 0 Å². The van der Waals surface area contributed by atoms with Crippen LogP contribution in [0.25, 0.3) is 10.5 Å². The van der Waals surface area contributed by atoms with Crippen molar-refractivity contribution in [3.05, 3.63) is 52.6 Å². The highest BCUT2D eigenvalue weighted by Gasteiger charge is 2.11. The minimum absolute atomic E-state index is 0.00218. The van der Waals surface area contributed by atoms with Gasteiger partial charge in [-0.3, -0.25) is 0 Å². The fraction of sp³-hybridized carbons (Fsp3) is 0.231. The first-order valence-corrected chi connectivity index (χ1v) is 5.31. The van der Waals surface area contributed by atoms with Crippen molar-refractivity contribution in [2.24, 2.45) is 0 Å². The molecule has 0 unspecified atom stereocenters. The van der Waals surface area contributed by atoms with Gasteiger partial charge in [0.1, 0.15) is 0 Å². The highest BCUT2D eigenvalue weighted by Crippen LogP contribution is 2.20. The van der Waals surface area contributed by atoms with Crippen LogP contribution in [0, 0.1) is 20.4 Å². The number of hydrogen-bond donors (Lipinski definition) is 1. The molecule has 0 amide bonds. The molecule has 86 valence electrons. The summed E-state index contributed by atoms with van der Waals surface area (Å²) in [5.41, 5.74) is 4.13. The van der Waals surface area contributed by atoms with Gasteiger partial charge >= 0.3 is 0 Å². The third-order valence-corrected chi connectivity index (χ3v) is 2.82. The van der Waals surface area contributed by atoms with Crippen molar-refractivity contribution in [2.45, 2.75) is 20.5 Å². The Morgan fingerprint density at radius 2 is 1.94 bits per heavy atom. The van der Waals surface area contributed by atoms with Gasteiger partial charge in [-0.2, -0.15) is 5.10 Å². The van der Waals surface area contributed by atoms with Gasteiger partial charge in [0, 0.05) is 11.3 Å². The van der Waals surface area contributed by atoms with E-state index >= 15 is 0 Å². The molecule has 17 heavy (non-hydrogen) atoms. The Labute approximate surface area is 100.0 Å². The lowest BCUT2D eigenvalue weighted by Gasteiger charge is -2.04. The molecule has 1 N–H and O–H groups in total. The van der Waals surface area contributed by atoms with Gasteiger partial charge in [-0.15, -0.1) is 0 Å². The van der Waals surface area contributed by atoms with E-state index in [9.17, 15) is 5.11 Å². The van der Waals surface area contributed by atoms with Crippen LogP contribution in [0.15, 0.2) is 24.3 Å². The molecule has 0 aliphatic rings. The third-order valence-electron chi connectivity index (χ3n) is 2.82. The maximum Gasteiger partial charge on any atom is 0.187 e. The lowest BCUT2D eigenvalue weighted by molar-refractivity contribution is 0.280. The highest BCUT2D eigenvalue weighted by molar-refractivity contribution is 5.50. The Morgan fingerprint density at radius 1 is 1.29 bits per heavy atom. The fourth-order valence-electron chi connectivity index (χ4n) is 1.82. The molecule has 1 heterocycles. The van der Waals surface area contributed by atoms with Gasteiger partial charge in [-0.05, 0) is 26.0 Å². The van der Waals surface area contributed by atoms with Crippen molar-refractivity contribution in [3.63, 3.8) is 0 Å². The normalized spacial score (nSPS) is 10.2. The molecule has 2 aromatic rings. The summed E-state index contributed by atoms with van der Waals surface area (Å²) in [6.07, 6.45) is 0. The van der Waals surface area contributed by atoms with E-state index in [1.54, 1.807) is 16.8 Å². The summed E-state index contributed by atoms with van der Waals surface area (Å²) in [6.45, 7) is 10.7. The first-order valence-electron chi connectivity index (χ1n) is 5.31. The number of aliphatic hydroxyl groups is 1. The first kappa shape index (κ1) is 11.4. The van der Waals surface area contributed by atoms with Crippen molar-refractivity contribution < 1.29 is 5.11 Å². The second kappa shape index (κ2) is 4.40. The van der Waals surface area contributed by atoms with E-state index in [-0.39, 0.29) is 6.61 Å². The van der Waals surface area contributed by atoms with Crippen molar-refractivity contribution >= 4 is 5.69 Å². The molecule has 1 aromatic carbocycles. The summed E-state index contributed by atoms with van der Waals surface area (Å²) >= 11 is 0. The van der Waals surface area contributed by atoms with E-state index < -0.39 is 0 Å². The molecule has 0 saturated carbocycles. The van der Waals surface area contributed by atoms with E-state index in [1.807, 2.05) is 26.0 Å². The SMILES string of the molecule is [C-]#[N+]c1ccc(-n2nc(C)c(CO)c2C)cc1. The summed E-state index contributed by atoms with van der Waals surface area (Å²) in [5, 5.41) is 13.6. The Morgan fingerprint density at radius 3 is 2.41 bits per heavy atom. The van der Waals surface area contributed by atoms with Gasteiger partial charge in [0.15, 0.2) is 5.69 Å². The van der Waals surface area contributed by atoms with E-state index in [1.165, 1.54) is 0 Å². The lowest BCUT2D eigenvalue weighted by Crippen LogP contribution is -1.99. The Hall–Kier alpha value is -2.12. The van der Waals surface area contributed by atoms with E-state index in [4.69, 9.17) is 6.57 Å². The quantitative estimate of drug-likeness (QED) is 0.801. The number of aliphatic hydroxyl groups excluding tert-OH is 1. The summed E-state index contributed by atoms with van der Waals surface area (Å²) in [4.78, 5) is 3.35. The molecule has 0 radical (unpaired) electrons. The van der Waals surface area contributed by atoms with Crippen LogP contribution in [-0.2, 0) is 6.61 Å². The number of rotatable bonds is 2. The van der Waals surface area contributed by atoms with Gasteiger partial charge in [0.25, 0.3) is 0 Å². The number of nitrogens with zero attached hydrogens (tertiary/aromatic N) is 3. The fourth-order valence-corrected chi connectivity index (χ4v) is 1.82. The molecule has 0 fully saturated rings. The van der Waals surface area contributed by atoms with Gasteiger partial charge in [0.2, 0.25) is 0 Å². The van der Waals surface area contributed by atoms with Crippen LogP contribution in [0.4, 0.5) is 5.69 Å². The first-order chi connectivity index (χ1) is 8.17. The number of hydrogen-bond acceptors (Lipinski definition) is 2. The van der Waals surface area contributed by atoms with Crippen LogP contribution in [0.5, 0.6) is 0 Å². The van der Waals surface area contributed by atoms with Gasteiger partial charge in [-0.25, -0.2) is 9.53 Å². The largest absolute Gasteiger partial charge is 0.392 e. The molecule has 0 spiro atoms. The van der Waals surface area contributed by atoms with Crippen LogP contribution in [0.3, 0.4) is 0 Å². The van der Waals surface area contributed by atoms with Crippen LogP contribution in [0.1, 0.15) is 17.0 Å². The maximum absolute atomic E-state index is 9.25. The second-order valence-corrected chi connectivity index (χ2v) is 3.85. The number of aromatic nitrogens is 2. The predicted octanol–water partition coefficient (Wildman–Crippen LogP) is 2.53. The topological polar surface area (TPSA) is 42.4 Å². The molecule has 2 rings (SSSR count). The molecule has 0 aliphatic carbocycles. The molecule has 0 bridgehead atoms. The summed E-state index contributed by atoms with van der Waals surface area (Å²) in [7, 11) is 0. The van der Waals surface area contributed by atoms with Crippen LogP contribution in [0.2, 0.25) is 0 Å². The van der Waals surface area contributed by atoms with Crippen molar-refractivity contribution in [1.82, 2.24) is 9.78 Å². The molecular weight excluding hydrogens is 214 g/mol. The lowest BCUT2D eigenvalue weighted by atomic mass is 10.2. The molecule has 0 aliphatic heterocycles. The molecule has 1 aromatic heterocycles. The molecule has 4 nitrogen and oxygen atoms in total. The smallest absolute Gasteiger partial charge is 0.187 e. The second-order valence-electron chi connectivity index (χ2n) is 3.85. The van der Waals surface area contributed by atoms with E-state index in [0.29, 0.717) is 5.69 Å². The average Bonchev–Trinajstić information content (AvgIpc) is 2.64. The van der Waals surface area contributed by atoms with E-state index in [2.05, 4.69) is 9.94 Å². The maximum atomic E-state index is 9.25. The van der Waals surface area contributed by atoms with Crippen molar-refractivity contribution in [3.8, 4) is 5.69 Å². The molecule has 4 heteroatoms. The highest BCUT2D eigenvalue weighted by atomic mass is 16.3. The summed E-state index contributed by atoms with van der Waals surface area (Å²) in [5.74, 6) is 0. The zero-order chi connectivity index (χ0) is 12.4. The zero-order valence-electron chi connectivity index (χ0n) is 9.81. The van der Waals surface area contributed by atoms with Gasteiger partial charge in [-0.1, -0.05) is 12.1 Å². The van der Waals surface area contributed by atoms with Crippen LogP contribution in [-0.4, -0.2) is 14.9 Å². The summed E-state index contributed by atoms with van der Waals surface area (Å²) in [6, 6.07) is 7.23. The monoisotopic (exact) mass is 227 g/mol. The van der Waals surface area contributed by atoms with Crippen molar-refractivity contribution in [1.29, 1.82) is 0 Å². The predicted molar refractivity (Wildman–Crippen MR) is 65.2 cm³/mol. The van der Waals surface area contributed by atoms with Crippen LogP contribution >= 0.6 is 0 Å². The Kier molecular flexibility index (Phi) is 2.94. The van der Waals surface area contributed by atoms with Gasteiger partial charge in [0.05, 0.1) is 24.6 Å². The minimum Gasteiger partial charge on any atom is -0.392 e. The molecular formula is C13H13N3O. The number of aryl methyl sites for hydroxylation is 1. The molecule has 0 atom stereocenters. The average molecular weight is 227 g/mol. The summed E-state index contributed by atoms with van der Waals surface area (Å²) < 4.78 is 1.79. The number of benzene rings is 1. The minimum atomic E-state index is -0.00218. The van der Waals surface area contributed by atoms with Gasteiger partial charge < -0.3 is 5.11 Å². The van der Waals surface area contributed by atoms with Crippen LogP contribution < -0.4 is 0 Å². The Bertz CT molecular complexity index is 576. The zero-order valence-corrected chi connectivity index (χ0v) is 9.81. The standard InChI is InChI=1S/C13H13N3O/c1-9-13(8-17)10(2)16(15-9)12-6-4-11(14-3)5-7-12/h4-7,17H,8H2,1-2H3.